The second-order valence-electron chi connectivity index (χ2n) is 4.10. The molecule has 4 nitrogen and oxygen atoms in total. The summed E-state index contributed by atoms with van der Waals surface area (Å²) >= 11 is 0. The molecule has 0 aromatic rings. The Balaban J connectivity index is 4.65. The maximum atomic E-state index is 11.5. The van der Waals surface area contributed by atoms with E-state index in [0.29, 0.717) is 12.3 Å². The van der Waals surface area contributed by atoms with Crippen LogP contribution < -0.4 is 5.32 Å². The molecule has 0 rings (SSSR count). The average molecular weight is 201 g/mol. The first-order valence-electron chi connectivity index (χ1n) is 4.69. The molecule has 0 fully saturated rings. The molecule has 14 heavy (non-hydrogen) atoms. The smallest absolute Gasteiger partial charge is 0.331 e. The Morgan fingerprint density at radius 2 is 1.93 bits per heavy atom. The third kappa shape index (κ3) is 3.77. The van der Waals surface area contributed by atoms with Crippen molar-refractivity contribution in [1.82, 2.24) is 5.32 Å². The molecule has 82 valence electrons. The first kappa shape index (κ1) is 12.9. The number of methoxy groups -OCH3 is 1. The molecule has 0 bridgehead atoms. The van der Waals surface area contributed by atoms with Crippen LogP contribution in [-0.2, 0) is 14.3 Å². The van der Waals surface area contributed by atoms with E-state index in [9.17, 15) is 9.59 Å². The predicted molar refractivity (Wildman–Crippen MR) is 53.7 cm³/mol. The second-order valence-corrected chi connectivity index (χ2v) is 4.10. The lowest BCUT2D eigenvalue weighted by molar-refractivity contribution is -0.150. The number of carbonyl (C=O) groups excluding carboxylic acids is 2. The van der Waals surface area contributed by atoms with Crippen molar-refractivity contribution in [2.45, 2.75) is 39.7 Å². The van der Waals surface area contributed by atoms with E-state index in [1.54, 1.807) is 6.92 Å². The summed E-state index contributed by atoms with van der Waals surface area (Å²) in [6.45, 7) is 7.05. The molecule has 0 heterocycles. The van der Waals surface area contributed by atoms with Crippen LogP contribution in [0.4, 0.5) is 0 Å². The Kier molecular flexibility index (Phi) is 4.60. The zero-order valence-electron chi connectivity index (χ0n) is 9.51. The Morgan fingerprint density at radius 1 is 1.43 bits per heavy atom. The fraction of sp³-hybridized carbons (Fsp3) is 0.800. The molecule has 0 radical (unpaired) electrons. The van der Waals surface area contributed by atoms with E-state index in [4.69, 9.17) is 0 Å². The lowest BCUT2D eigenvalue weighted by atomic mass is 9.90. The standard InChI is InChI=1S/C10H19NO3/c1-7(2)6-10(4,9(13)14-5)11-8(3)12/h7H,6H2,1-5H3,(H,11,12). The number of ether oxygens (including phenoxy) is 1. The summed E-state index contributed by atoms with van der Waals surface area (Å²) in [6, 6.07) is 0. The Bertz CT molecular complexity index is 225. The van der Waals surface area contributed by atoms with E-state index in [0.717, 1.165) is 0 Å². The van der Waals surface area contributed by atoms with Gasteiger partial charge in [-0.1, -0.05) is 13.8 Å². The first-order chi connectivity index (χ1) is 6.31. The van der Waals surface area contributed by atoms with Crippen LogP contribution in [0.2, 0.25) is 0 Å². The summed E-state index contributed by atoms with van der Waals surface area (Å²) in [7, 11) is 1.32. The number of amides is 1. The van der Waals surface area contributed by atoms with Gasteiger partial charge in [0.15, 0.2) is 0 Å². The molecule has 0 aliphatic rings. The van der Waals surface area contributed by atoms with Gasteiger partial charge in [0.1, 0.15) is 5.54 Å². The van der Waals surface area contributed by atoms with Crippen molar-refractivity contribution in [2.75, 3.05) is 7.11 Å². The van der Waals surface area contributed by atoms with E-state index in [2.05, 4.69) is 10.1 Å². The molecule has 1 amide bonds. The Labute approximate surface area is 85.0 Å². The van der Waals surface area contributed by atoms with Gasteiger partial charge in [0, 0.05) is 6.92 Å². The highest BCUT2D eigenvalue weighted by Gasteiger charge is 2.35. The topological polar surface area (TPSA) is 55.4 Å². The van der Waals surface area contributed by atoms with Crippen LogP contribution >= 0.6 is 0 Å². The zero-order valence-corrected chi connectivity index (χ0v) is 9.51. The highest BCUT2D eigenvalue weighted by atomic mass is 16.5. The fourth-order valence-electron chi connectivity index (χ4n) is 1.62. The Morgan fingerprint density at radius 3 is 2.21 bits per heavy atom. The normalized spacial score (nSPS) is 14.7. The molecular weight excluding hydrogens is 182 g/mol. The van der Waals surface area contributed by atoms with Gasteiger partial charge in [-0.05, 0) is 19.3 Å². The largest absolute Gasteiger partial charge is 0.467 e. The molecular formula is C10H19NO3. The molecule has 0 spiro atoms. The second kappa shape index (κ2) is 4.98. The molecule has 4 heteroatoms. The molecule has 0 aliphatic carbocycles. The predicted octanol–water partition coefficient (Wildman–Crippen LogP) is 1.10. The van der Waals surface area contributed by atoms with Gasteiger partial charge in [0.05, 0.1) is 7.11 Å². The van der Waals surface area contributed by atoms with Crippen LogP contribution in [0.15, 0.2) is 0 Å². The number of nitrogens with one attached hydrogen (secondary N) is 1. The monoisotopic (exact) mass is 201 g/mol. The number of hydrogen-bond donors (Lipinski definition) is 1. The summed E-state index contributed by atoms with van der Waals surface area (Å²) in [5.74, 6) is -0.314. The summed E-state index contributed by atoms with van der Waals surface area (Å²) in [5.41, 5.74) is -0.908. The minimum atomic E-state index is -0.908. The number of rotatable bonds is 4. The molecule has 0 aliphatic heterocycles. The third-order valence-electron chi connectivity index (χ3n) is 1.90. The van der Waals surface area contributed by atoms with Gasteiger partial charge >= 0.3 is 5.97 Å². The zero-order chi connectivity index (χ0) is 11.4. The van der Waals surface area contributed by atoms with Gasteiger partial charge in [-0.2, -0.15) is 0 Å². The van der Waals surface area contributed by atoms with Gasteiger partial charge in [-0.15, -0.1) is 0 Å². The van der Waals surface area contributed by atoms with Gasteiger partial charge in [0.25, 0.3) is 0 Å². The van der Waals surface area contributed by atoms with Crippen molar-refractivity contribution in [1.29, 1.82) is 0 Å². The van der Waals surface area contributed by atoms with Gasteiger partial charge in [-0.3, -0.25) is 4.79 Å². The van der Waals surface area contributed by atoms with Crippen LogP contribution in [0, 0.1) is 5.92 Å². The van der Waals surface area contributed by atoms with Crippen LogP contribution in [0.5, 0.6) is 0 Å². The van der Waals surface area contributed by atoms with E-state index in [-0.39, 0.29) is 5.91 Å². The summed E-state index contributed by atoms with van der Waals surface area (Å²) in [5, 5.41) is 2.62. The van der Waals surface area contributed by atoms with Crippen LogP contribution in [0.3, 0.4) is 0 Å². The van der Waals surface area contributed by atoms with Crippen LogP contribution in [-0.4, -0.2) is 24.5 Å². The maximum absolute atomic E-state index is 11.5. The minimum absolute atomic E-state index is 0.224. The highest BCUT2D eigenvalue weighted by molar-refractivity contribution is 5.86. The maximum Gasteiger partial charge on any atom is 0.331 e. The molecule has 1 N–H and O–H groups in total. The molecule has 0 aromatic carbocycles. The van der Waals surface area contributed by atoms with Crippen molar-refractivity contribution in [2.24, 2.45) is 5.92 Å². The average Bonchev–Trinajstić information content (AvgIpc) is 1.99. The number of hydrogen-bond acceptors (Lipinski definition) is 3. The van der Waals surface area contributed by atoms with E-state index < -0.39 is 11.5 Å². The van der Waals surface area contributed by atoms with Crippen LogP contribution in [0.25, 0.3) is 0 Å². The van der Waals surface area contributed by atoms with Gasteiger partial charge in [-0.25, -0.2) is 4.79 Å². The summed E-state index contributed by atoms with van der Waals surface area (Å²) < 4.78 is 4.66. The van der Waals surface area contributed by atoms with Gasteiger partial charge < -0.3 is 10.1 Å². The quantitative estimate of drug-likeness (QED) is 0.693. The SMILES string of the molecule is COC(=O)C(C)(CC(C)C)NC(C)=O. The lowest BCUT2D eigenvalue weighted by Crippen LogP contribution is -2.52. The van der Waals surface area contributed by atoms with Crippen LogP contribution in [0.1, 0.15) is 34.1 Å². The summed E-state index contributed by atoms with van der Waals surface area (Å²) in [4.78, 5) is 22.4. The summed E-state index contributed by atoms with van der Waals surface area (Å²) in [6.07, 6.45) is 0.569. The molecule has 1 atom stereocenters. The minimum Gasteiger partial charge on any atom is -0.467 e. The Hall–Kier alpha value is -1.06. The van der Waals surface area contributed by atoms with Crippen molar-refractivity contribution in [3.8, 4) is 0 Å². The van der Waals surface area contributed by atoms with Gasteiger partial charge in [0.2, 0.25) is 5.91 Å². The van der Waals surface area contributed by atoms with Crippen molar-refractivity contribution in [3.05, 3.63) is 0 Å². The van der Waals surface area contributed by atoms with E-state index >= 15 is 0 Å². The van der Waals surface area contributed by atoms with Crippen molar-refractivity contribution >= 4 is 11.9 Å². The van der Waals surface area contributed by atoms with Crippen molar-refractivity contribution in [3.63, 3.8) is 0 Å². The first-order valence-corrected chi connectivity index (χ1v) is 4.69. The molecule has 0 aromatic heterocycles. The number of esters is 1. The molecule has 0 saturated carbocycles. The van der Waals surface area contributed by atoms with Crippen molar-refractivity contribution < 1.29 is 14.3 Å². The van der Waals surface area contributed by atoms with E-state index in [1.165, 1.54) is 14.0 Å². The number of carbonyl (C=O) groups is 2. The fourth-order valence-corrected chi connectivity index (χ4v) is 1.62. The highest BCUT2D eigenvalue weighted by Crippen LogP contribution is 2.17. The van der Waals surface area contributed by atoms with E-state index in [1.807, 2.05) is 13.8 Å². The lowest BCUT2D eigenvalue weighted by Gasteiger charge is -2.28. The third-order valence-corrected chi connectivity index (χ3v) is 1.90. The molecule has 1 unspecified atom stereocenters. The molecule has 0 saturated heterocycles.